The van der Waals surface area contributed by atoms with E-state index < -0.39 is 21.7 Å². The molecule has 1 aliphatic rings. The Labute approximate surface area is 120 Å². The van der Waals surface area contributed by atoms with Gasteiger partial charge in [-0.1, -0.05) is 30.5 Å². The molecule has 1 aromatic rings. The molecule has 0 spiro atoms. The van der Waals surface area contributed by atoms with Crippen LogP contribution in [0.4, 0.5) is 0 Å². The molecule has 5 heteroatoms. The second-order valence-electron chi connectivity index (χ2n) is 5.33. The Morgan fingerprint density at radius 3 is 2.45 bits per heavy atom. The Bertz CT molecular complexity index is 645. The maximum absolute atomic E-state index is 12.7. The first kappa shape index (κ1) is 15.0. The first-order valence-corrected chi connectivity index (χ1v) is 7.99. The van der Waals surface area contributed by atoms with Crippen LogP contribution >= 0.6 is 0 Å². The molecule has 0 aliphatic carbocycles. The van der Waals surface area contributed by atoms with Gasteiger partial charge >= 0.3 is 0 Å². The normalized spacial score (nSPS) is 30.6. The minimum absolute atomic E-state index is 0.231. The van der Waals surface area contributed by atoms with Crippen molar-refractivity contribution in [2.24, 2.45) is 0 Å². The van der Waals surface area contributed by atoms with E-state index in [2.05, 4.69) is 5.92 Å². The van der Waals surface area contributed by atoms with Gasteiger partial charge in [-0.2, -0.15) is 4.31 Å². The van der Waals surface area contributed by atoms with Gasteiger partial charge in [0, 0.05) is 6.04 Å². The van der Waals surface area contributed by atoms with E-state index in [1.165, 1.54) is 4.31 Å². The average Bonchev–Trinajstić information content (AvgIpc) is 3.06. The van der Waals surface area contributed by atoms with Gasteiger partial charge in [0.15, 0.2) is 0 Å². The van der Waals surface area contributed by atoms with Crippen LogP contribution in [0.2, 0.25) is 0 Å². The number of nitrogens with zero attached hydrogens (tertiary/aromatic N) is 1. The quantitative estimate of drug-likeness (QED) is 0.676. The Morgan fingerprint density at radius 2 is 2.00 bits per heavy atom. The summed E-state index contributed by atoms with van der Waals surface area (Å²) in [4.78, 5) is 0.231. The Kier molecular flexibility index (Phi) is 3.67. The summed E-state index contributed by atoms with van der Waals surface area (Å²) in [6, 6.07) is 6.41. The molecule has 0 bridgehead atoms. The lowest BCUT2D eigenvalue weighted by Crippen LogP contribution is -2.32. The molecule has 0 saturated carbocycles. The van der Waals surface area contributed by atoms with Crippen LogP contribution in [0.25, 0.3) is 0 Å². The second kappa shape index (κ2) is 4.88. The standard InChI is InChI=1S/C15H19NO3S/c1-5-13-15(4,14(17)6-2)16(13)20(18,19)12-9-7-11(3)8-10-12/h2,7-10,13-14,17H,5H2,1,3-4H3/t13-,14+,15+,16?/m1/s1. The van der Waals surface area contributed by atoms with Crippen LogP contribution in [0.3, 0.4) is 0 Å². The van der Waals surface area contributed by atoms with Crippen LogP contribution in [-0.4, -0.2) is 35.5 Å². The van der Waals surface area contributed by atoms with Crippen LogP contribution in [-0.2, 0) is 10.0 Å². The monoisotopic (exact) mass is 293 g/mol. The molecule has 4 nitrogen and oxygen atoms in total. The van der Waals surface area contributed by atoms with Crippen molar-refractivity contribution in [3.8, 4) is 12.3 Å². The van der Waals surface area contributed by atoms with Crippen molar-refractivity contribution in [3.63, 3.8) is 0 Å². The zero-order valence-electron chi connectivity index (χ0n) is 11.9. The average molecular weight is 293 g/mol. The first-order chi connectivity index (χ1) is 9.30. The van der Waals surface area contributed by atoms with E-state index in [-0.39, 0.29) is 10.9 Å². The second-order valence-corrected chi connectivity index (χ2v) is 7.15. The summed E-state index contributed by atoms with van der Waals surface area (Å²) in [7, 11) is -3.63. The van der Waals surface area contributed by atoms with Crippen molar-refractivity contribution >= 4 is 10.0 Å². The lowest BCUT2D eigenvalue weighted by molar-refractivity contribution is 0.177. The number of rotatable bonds is 4. The molecule has 1 unspecified atom stereocenters. The number of aliphatic hydroxyl groups excluding tert-OH is 1. The molecule has 1 saturated heterocycles. The van der Waals surface area contributed by atoms with E-state index in [1.54, 1.807) is 31.2 Å². The zero-order valence-corrected chi connectivity index (χ0v) is 12.7. The van der Waals surface area contributed by atoms with Gasteiger partial charge in [0.1, 0.15) is 6.10 Å². The highest BCUT2D eigenvalue weighted by Crippen LogP contribution is 2.49. The summed E-state index contributed by atoms with van der Waals surface area (Å²) in [5.74, 6) is 2.24. The Morgan fingerprint density at radius 1 is 1.45 bits per heavy atom. The summed E-state index contributed by atoms with van der Waals surface area (Å²) in [5.41, 5.74) is 0.0842. The molecule has 1 heterocycles. The maximum atomic E-state index is 12.7. The van der Waals surface area contributed by atoms with E-state index in [4.69, 9.17) is 6.42 Å². The molecule has 0 amide bonds. The summed E-state index contributed by atoms with van der Waals surface area (Å²) in [5, 5.41) is 9.94. The lowest BCUT2D eigenvalue weighted by Gasteiger charge is -2.15. The molecule has 1 aromatic carbocycles. The zero-order chi connectivity index (χ0) is 15.1. The highest BCUT2D eigenvalue weighted by Gasteiger charge is 2.67. The lowest BCUT2D eigenvalue weighted by atomic mass is 10.00. The summed E-state index contributed by atoms with van der Waals surface area (Å²) >= 11 is 0. The van der Waals surface area contributed by atoms with Crippen molar-refractivity contribution in [3.05, 3.63) is 29.8 Å². The highest BCUT2D eigenvalue weighted by atomic mass is 32.2. The number of hydrogen-bond acceptors (Lipinski definition) is 3. The van der Waals surface area contributed by atoms with Crippen LogP contribution in [0.1, 0.15) is 25.8 Å². The van der Waals surface area contributed by atoms with E-state index in [1.807, 2.05) is 13.8 Å². The van der Waals surface area contributed by atoms with E-state index >= 15 is 0 Å². The minimum Gasteiger partial charge on any atom is -0.378 e. The molecular formula is C15H19NO3S. The largest absolute Gasteiger partial charge is 0.378 e. The number of hydrogen-bond donors (Lipinski definition) is 1. The maximum Gasteiger partial charge on any atom is 0.244 e. The highest BCUT2D eigenvalue weighted by molar-refractivity contribution is 7.89. The van der Waals surface area contributed by atoms with Crippen LogP contribution < -0.4 is 0 Å². The fraction of sp³-hybridized carbons (Fsp3) is 0.467. The van der Waals surface area contributed by atoms with Gasteiger partial charge in [0.05, 0.1) is 10.4 Å². The van der Waals surface area contributed by atoms with Gasteiger partial charge in [-0.25, -0.2) is 8.42 Å². The van der Waals surface area contributed by atoms with Gasteiger partial charge in [0.2, 0.25) is 10.0 Å². The smallest absolute Gasteiger partial charge is 0.244 e. The number of benzene rings is 1. The molecule has 1 N–H and O–H groups in total. The molecule has 1 aliphatic heterocycles. The number of terminal acetylenes is 1. The van der Waals surface area contributed by atoms with E-state index in [0.29, 0.717) is 6.42 Å². The summed E-state index contributed by atoms with van der Waals surface area (Å²) < 4.78 is 26.6. The third kappa shape index (κ3) is 2.05. The van der Waals surface area contributed by atoms with Crippen LogP contribution in [0.15, 0.2) is 29.2 Å². The van der Waals surface area contributed by atoms with Gasteiger partial charge in [0.25, 0.3) is 0 Å². The van der Waals surface area contributed by atoms with E-state index in [9.17, 15) is 13.5 Å². The Hall–Kier alpha value is -1.35. The van der Waals surface area contributed by atoms with Gasteiger partial charge in [-0.15, -0.1) is 6.42 Å². The molecule has 108 valence electrons. The fourth-order valence-corrected chi connectivity index (χ4v) is 4.84. The predicted octanol–water partition coefficient (Wildman–Crippen LogP) is 1.53. The summed E-state index contributed by atoms with van der Waals surface area (Å²) in [6.07, 6.45) is 4.77. The third-order valence-electron chi connectivity index (χ3n) is 4.04. The van der Waals surface area contributed by atoms with Crippen molar-refractivity contribution in [1.29, 1.82) is 0 Å². The molecule has 20 heavy (non-hydrogen) atoms. The van der Waals surface area contributed by atoms with Gasteiger partial charge < -0.3 is 5.11 Å². The molecule has 0 radical (unpaired) electrons. The van der Waals surface area contributed by atoms with E-state index in [0.717, 1.165) is 5.56 Å². The molecule has 2 rings (SSSR count). The molecule has 0 aromatic heterocycles. The van der Waals surface area contributed by atoms with Crippen molar-refractivity contribution in [2.45, 2.75) is 49.8 Å². The van der Waals surface area contributed by atoms with Crippen LogP contribution in [0, 0.1) is 19.3 Å². The molecular weight excluding hydrogens is 274 g/mol. The SMILES string of the molecule is C#C[C@H](O)[C@]1(C)[C@@H](CC)N1S(=O)(=O)c1ccc(C)cc1. The first-order valence-electron chi connectivity index (χ1n) is 6.55. The van der Waals surface area contributed by atoms with Crippen molar-refractivity contribution < 1.29 is 13.5 Å². The number of aryl methyl sites for hydroxylation is 1. The predicted molar refractivity (Wildman–Crippen MR) is 77.5 cm³/mol. The van der Waals surface area contributed by atoms with Crippen molar-refractivity contribution in [2.75, 3.05) is 0 Å². The van der Waals surface area contributed by atoms with Gasteiger partial charge in [-0.3, -0.25) is 0 Å². The van der Waals surface area contributed by atoms with Crippen molar-refractivity contribution in [1.82, 2.24) is 4.31 Å². The fourth-order valence-electron chi connectivity index (χ4n) is 2.74. The van der Waals surface area contributed by atoms with Gasteiger partial charge in [-0.05, 0) is 32.4 Å². The van der Waals surface area contributed by atoms with Crippen LogP contribution in [0.5, 0.6) is 0 Å². The Balaban J connectivity index is 2.41. The number of aliphatic hydroxyl groups is 1. The number of sulfonamides is 1. The third-order valence-corrected chi connectivity index (χ3v) is 6.07. The topological polar surface area (TPSA) is 57.4 Å². The molecule has 1 fully saturated rings. The summed E-state index contributed by atoms with van der Waals surface area (Å²) in [6.45, 7) is 5.48. The molecule has 4 atom stereocenters. The minimum atomic E-state index is -3.63.